The van der Waals surface area contributed by atoms with Gasteiger partial charge in [-0.25, -0.2) is 0 Å². The molecule has 0 N–H and O–H groups in total. The lowest BCUT2D eigenvalue weighted by atomic mass is 10.1. The maximum absolute atomic E-state index is 5.19. The smallest absolute Gasteiger partial charge is 0.118 e. The van der Waals surface area contributed by atoms with E-state index in [1.807, 2.05) is 12.1 Å². The molecule has 0 atom stereocenters. The second-order valence-corrected chi connectivity index (χ2v) is 5.17. The Morgan fingerprint density at radius 3 is 2.55 bits per heavy atom. The van der Waals surface area contributed by atoms with E-state index in [0.29, 0.717) is 0 Å². The summed E-state index contributed by atoms with van der Waals surface area (Å²) in [6, 6.07) is 17.1. The lowest BCUT2D eigenvalue weighted by molar-refractivity contribution is 0.414. The molecule has 0 saturated heterocycles. The third-order valence-corrected chi connectivity index (χ3v) is 3.73. The van der Waals surface area contributed by atoms with E-state index in [1.165, 1.54) is 22.0 Å². The van der Waals surface area contributed by atoms with Crippen LogP contribution in [0.25, 0.3) is 10.9 Å². The minimum absolute atomic E-state index is 0.913. The molecule has 20 heavy (non-hydrogen) atoms. The van der Waals surface area contributed by atoms with Crippen molar-refractivity contribution in [3.8, 4) is 5.75 Å². The van der Waals surface area contributed by atoms with Crippen LogP contribution in [0.1, 0.15) is 11.1 Å². The fraction of sp³-hybridized carbons (Fsp3) is 0.222. The fourth-order valence-corrected chi connectivity index (χ4v) is 2.53. The predicted molar refractivity (Wildman–Crippen MR) is 83.4 cm³/mol. The molecule has 1 aromatic heterocycles. The van der Waals surface area contributed by atoms with Crippen LogP contribution in [0.5, 0.6) is 5.75 Å². The summed E-state index contributed by atoms with van der Waals surface area (Å²) >= 11 is 0. The van der Waals surface area contributed by atoms with Crippen LogP contribution in [0.15, 0.2) is 54.7 Å². The lowest BCUT2D eigenvalue weighted by Crippen LogP contribution is -1.99. The Hall–Kier alpha value is -2.22. The molecule has 2 nitrogen and oxygen atoms in total. The monoisotopic (exact) mass is 265 g/mol. The summed E-state index contributed by atoms with van der Waals surface area (Å²) in [7, 11) is 1.70. The van der Waals surface area contributed by atoms with Crippen LogP contribution in [-0.4, -0.2) is 11.7 Å². The van der Waals surface area contributed by atoms with Gasteiger partial charge in [0.1, 0.15) is 5.75 Å². The van der Waals surface area contributed by atoms with Crippen LogP contribution >= 0.6 is 0 Å². The SMILES string of the molecule is COc1ccc(CCn2ccc3ccc(C)cc32)cc1. The van der Waals surface area contributed by atoms with Crippen molar-refractivity contribution in [1.29, 1.82) is 0 Å². The fourth-order valence-electron chi connectivity index (χ4n) is 2.53. The second kappa shape index (κ2) is 5.41. The molecule has 102 valence electrons. The van der Waals surface area contributed by atoms with Gasteiger partial charge in [0.15, 0.2) is 0 Å². The van der Waals surface area contributed by atoms with Crippen molar-refractivity contribution in [3.63, 3.8) is 0 Å². The Morgan fingerprint density at radius 2 is 1.80 bits per heavy atom. The summed E-state index contributed by atoms with van der Waals surface area (Å²) in [5, 5.41) is 1.31. The van der Waals surface area contributed by atoms with Crippen molar-refractivity contribution in [1.82, 2.24) is 4.57 Å². The summed E-state index contributed by atoms with van der Waals surface area (Å²) in [5.41, 5.74) is 3.96. The Bertz CT molecular complexity index is 710. The molecular weight excluding hydrogens is 246 g/mol. The first-order chi connectivity index (χ1) is 9.76. The van der Waals surface area contributed by atoms with Crippen molar-refractivity contribution in [2.45, 2.75) is 19.9 Å². The van der Waals surface area contributed by atoms with Crippen molar-refractivity contribution in [2.75, 3.05) is 7.11 Å². The van der Waals surface area contributed by atoms with Gasteiger partial charge >= 0.3 is 0 Å². The van der Waals surface area contributed by atoms with Gasteiger partial charge in [-0.05, 0) is 54.1 Å². The zero-order valence-electron chi connectivity index (χ0n) is 12.0. The van der Waals surface area contributed by atoms with Gasteiger partial charge in [-0.1, -0.05) is 24.3 Å². The number of fused-ring (bicyclic) bond motifs is 1. The number of aromatic nitrogens is 1. The van der Waals surface area contributed by atoms with E-state index < -0.39 is 0 Å². The topological polar surface area (TPSA) is 14.2 Å². The van der Waals surface area contributed by atoms with E-state index in [2.05, 4.69) is 54.1 Å². The van der Waals surface area contributed by atoms with Crippen LogP contribution in [0.2, 0.25) is 0 Å². The lowest BCUT2D eigenvalue weighted by Gasteiger charge is -2.07. The number of rotatable bonds is 4. The highest BCUT2D eigenvalue weighted by Gasteiger charge is 2.02. The van der Waals surface area contributed by atoms with Gasteiger partial charge in [0.05, 0.1) is 7.11 Å². The van der Waals surface area contributed by atoms with Crippen LogP contribution in [-0.2, 0) is 13.0 Å². The van der Waals surface area contributed by atoms with Gasteiger partial charge in [-0.2, -0.15) is 0 Å². The number of aryl methyl sites for hydroxylation is 3. The Balaban J connectivity index is 1.77. The first-order valence-corrected chi connectivity index (χ1v) is 6.95. The molecule has 0 fully saturated rings. The number of methoxy groups -OCH3 is 1. The summed E-state index contributed by atoms with van der Waals surface area (Å²) in [6.07, 6.45) is 3.20. The molecular formula is C18H19NO. The average Bonchev–Trinajstić information content (AvgIpc) is 2.88. The van der Waals surface area contributed by atoms with Gasteiger partial charge in [0.25, 0.3) is 0 Å². The molecule has 0 aliphatic rings. The average molecular weight is 265 g/mol. The maximum atomic E-state index is 5.19. The second-order valence-electron chi connectivity index (χ2n) is 5.17. The van der Waals surface area contributed by atoms with Gasteiger partial charge in [-0.15, -0.1) is 0 Å². The van der Waals surface area contributed by atoms with E-state index in [0.717, 1.165) is 18.7 Å². The molecule has 0 aliphatic heterocycles. The Labute approximate surface area is 119 Å². The third kappa shape index (κ3) is 2.55. The molecule has 3 rings (SSSR count). The van der Waals surface area contributed by atoms with Crippen molar-refractivity contribution < 1.29 is 4.74 Å². The van der Waals surface area contributed by atoms with Crippen LogP contribution in [0.4, 0.5) is 0 Å². The normalized spacial score (nSPS) is 10.9. The summed E-state index contributed by atoms with van der Waals surface area (Å²) in [4.78, 5) is 0. The highest BCUT2D eigenvalue weighted by molar-refractivity contribution is 5.80. The first kappa shape index (κ1) is 12.8. The van der Waals surface area contributed by atoms with E-state index in [9.17, 15) is 0 Å². The van der Waals surface area contributed by atoms with Gasteiger partial charge in [0, 0.05) is 18.3 Å². The van der Waals surface area contributed by atoms with E-state index >= 15 is 0 Å². The summed E-state index contributed by atoms with van der Waals surface area (Å²) in [6.45, 7) is 3.14. The third-order valence-electron chi connectivity index (χ3n) is 3.73. The quantitative estimate of drug-likeness (QED) is 0.689. The molecule has 0 unspecified atom stereocenters. The zero-order chi connectivity index (χ0) is 13.9. The van der Waals surface area contributed by atoms with Crippen LogP contribution < -0.4 is 4.74 Å². The summed E-state index contributed by atoms with van der Waals surface area (Å²) in [5.74, 6) is 0.913. The molecule has 2 heteroatoms. The van der Waals surface area contributed by atoms with Crippen molar-refractivity contribution >= 4 is 10.9 Å². The van der Waals surface area contributed by atoms with Crippen LogP contribution in [0, 0.1) is 6.92 Å². The molecule has 0 radical (unpaired) electrons. The summed E-state index contributed by atoms with van der Waals surface area (Å²) < 4.78 is 7.51. The zero-order valence-corrected chi connectivity index (χ0v) is 12.0. The number of nitrogens with zero attached hydrogens (tertiary/aromatic N) is 1. The largest absolute Gasteiger partial charge is 0.497 e. The van der Waals surface area contributed by atoms with Gasteiger partial charge in [0.2, 0.25) is 0 Å². The van der Waals surface area contributed by atoms with E-state index in [4.69, 9.17) is 4.74 Å². The number of ether oxygens (including phenoxy) is 1. The molecule has 0 spiro atoms. The van der Waals surface area contributed by atoms with Crippen molar-refractivity contribution in [2.24, 2.45) is 0 Å². The van der Waals surface area contributed by atoms with E-state index in [1.54, 1.807) is 7.11 Å². The van der Waals surface area contributed by atoms with Gasteiger partial charge < -0.3 is 9.30 Å². The minimum Gasteiger partial charge on any atom is -0.497 e. The predicted octanol–water partition coefficient (Wildman–Crippen LogP) is 4.20. The minimum atomic E-state index is 0.913. The van der Waals surface area contributed by atoms with Gasteiger partial charge in [-0.3, -0.25) is 0 Å². The highest BCUT2D eigenvalue weighted by Crippen LogP contribution is 2.18. The highest BCUT2D eigenvalue weighted by atomic mass is 16.5. The Kier molecular flexibility index (Phi) is 3.46. The number of benzene rings is 2. The molecule has 0 bridgehead atoms. The van der Waals surface area contributed by atoms with Crippen LogP contribution in [0.3, 0.4) is 0 Å². The number of hydrogen-bond donors (Lipinski definition) is 0. The molecule has 3 aromatic rings. The first-order valence-electron chi connectivity index (χ1n) is 6.95. The van der Waals surface area contributed by atoms with E-state index in [-0.39, 0.29) is 0 Å². The Morgan fingerprint density at radius 1 is 1.00 bits per heavy atom. The molecule has 0 aliphatic carbocycles. The number of hydrogen-bond acceptors (Lipinski definition) is 1. The molecule has 0 amide bonds. The van der Waals surface area contributed by atoms with Crippen molar-refractivity contribution in [3.05, 3.63) is 65.9 Å². The molecule has 1 heterocycles. The standard InChI is InChI=1S/C18H19NO/c1-14-3-6-16-10-12-19(18(16)13-14)11-9-15-4-7-17(20-2)8-5-15/h3-8,10,12-13H,9,11H2,1-2H3. The molecule has 0 saturated carbocycles. The maximum Gasteiger partial charge on any atom is 0.118 e. The molecule has 2 aromatic carbocycles.